The molecule has 0 saturated carbocycles. The number of nitrogens with zero attached hydrogens (tertiary/aromatic N) is 2. The standard InChI is InChI=1S/C27H23BrN2O6/c28-25-20(18-5-2-4-8-22(18)34-25)16-29-13-11-17(12-14-29)15-30-26(33)19-6-1-3-7-21(19)27(30)35-23(31)9-10-24(32)36-27/h1-10,17H,11-16H2. The predicted molar refractivity (Wildman–Crippen MR) is 132 cm³/mol. The zero-order valence-corrected chi connectivity index (χ0v) is 20.9. The van der Waals surface area contributed by atoms with E-state index < -0.39 is 17.8 Å². The fourth-order valence-electron chi connectivity index (χ4n) is 5.32. The summed E-state index contributed by atoms with van der Waals surface area (Å²) in [6.45, 7) is 2.73. The van der Waals surface area contributed by atoms with E-state index in [-0.39, 0.29) is 11.8 Å². The lowest BCUT2D eigenvalue weighted by molar-refractivity contribution is -0.275. The van der Waals surface area contributed by atoms with Gasteiger partial charge in [-0.3, -0.25) is 14.6 Å². The van der Waals surface area contributed by atoms with Gasteiger partial charge in [-0.1, -0.05) is 30.3 Å². The molecule has 1 saturated heterocycles. The number of hydrogen-bond donors (Lipinski definition) is 0. The first-order chi connectivity index (χ1) is 17.4. The Kier molecular flexibility index (Phi) is 5.69. The maximum Gasteiger partial charge on any atom is 0.375 e. The van der Waals surface area contributed by atoms with Crippen LogP contribution in [0.2, 0.25) is 0 Å². The van der Waals surface area contributed by atoms with E-state index in [4.69, 9.17) is 13.9 Å². The van der Waals surface area contributed by atoms with Crippen molar-refractivity contribution in [2.24, 2.45) is 5.92 Å². The van der Waals surface area contributed by atoms with Crippen molar-refractivity contribution < 1.29 is 28.3 Å². The molecule has 6 rings (SSSR count). The first-order valence-electron chi connectivity index (χ1n) is 11.9. The topological polar surface area (TPSA) is 89.3 Å². The van der Waals surface area contributed by atoms with Gasteiger partial charge in [-0.2, -0.15) is 0 Å². The minimum Gasteiger partial charge on any atom is -0.449 e. The van der Waals surface area contributed by atoms with E-state index in [0.717, 1.165) is 65.8 Å². The van der Waals surface area contributed by atoms with E-state index in [9.17, 15) is 14.4 Å². The van der Waals surface area contributed by atoms with E-state index in [0.29, 0.717) is 17.7 Å². The molecule has 2 aromatic carbocycles. The van der Waals surface area contributed by atoms with E-state index in [2.05, 4.69) is 26.9 Å². The Balaban J connectivity index is 1.19. The average molecular weight is 551 g/mol. The highest BCUT2D eigenvalue weighted by Gasteiger charge is 2.57. The van der Waals surface area contributed by atoms with Crippen molar-refractivity contribution in [3.63, 3.8) is 0 Å². The smallest absolute Gasteiger partial charge is 0.375 e. The lowest BCUT2D eigenvalue weighted by atomic mass is 9.95. The molecule has 0 bridgehead atoms. The van der Waals surface area contributed by atoms with Crippen molar-refractivity contribution in [2.75, 3.05) is 19.6 Å². The van der Waals surface area contributed by atoms with Gasteiger partial charge in [-0.05, 0) is 66.0 Å². The van der Waals surface area contributed by atoms with Crippen molar-refractivity contribution in [3.8, 4) is 0 Å². The van der Waals surface area contributed by atoms with Crippen LogP contribution in [0.1, 0.15) is 34.3 Å². The number of likely N-dealkylation sites (tertiary alicyclic amines) is 1. The molecule has 1 spiro atoms. The van der Waals surface area contributed by atoms with Gasteiger partial charge in [0, 0.05) is 36.2 Å². The number of ether oxygens (including phenoxy) is 2. The van der Waals surface area contributed by atoms with E-state index in [1.54, 1.807) is 24.3 Å². The molecule has 1 amide bonds. The van der Waals surface area contributed by atoms with Crippen LogP contribution < -0.4 is 0 Å². The summed E-state index contributed by atoms with van der Waals surface area (Å²) < 4.78 is 17.9. The summed E-state index contributed by atoms with van der Waals surface area (Å²) in [6.07, 6.45) is 3.72. The number of hydrogen-bond acceptors (Lipinski definition) is 7. The Morgan fingerprint density at radius 2 is 1.58 bits per heavy atom. The minimum atomic E-state index is -1.89. The highest BCUT2D eigenvalue weighted by molar-refractivity contribution is 9.10. The number of halogens is 1. The molecule has 9 heteroatoms. The zero-order chi connectivity index (χ0) is 24.9. The number of para-hydroxylation sites is 1. The Morgan fingerprint density at radius 3 is 2.33 bits per heavy atom. The number of piperidine rings is 1. The number of rotatable bonds is 4. The van der Waals surface area contributed by atoms with E-state index in [1.165, 1.54) is 4.90 Å². The SMILES string of the molecule is O=C1C=CC(=O)OC2(O1)c1ccccc1C(=O)N2CC1CCN(Cc2c(Br)oc3ccccc23)CC1. The number of benzene rings is 2. The number of esters is 2. The molecule has 4 heterocycles. The van der Waals surface area contributed by atoms with Crippen LogP contribution in [0.3, 0.4) is 0 Å². The summed E-state index contributed by atoms with van der Waals surface area (Å²) in [5.74, 6) is -3.52. The highest BCUT2D eigenvalue weighted by atomic mass is 79.9. The van der Waals surface area contributed by atoms with Crippen LogP contribution in [-0.4, -0.2) is 47.3 Å². The number of carbonyl (C=O) groups is 3. The molecular formula is C27H23BrN2O6. The maximum absolute atomic E-state index is 13.4. The third kappa shape index (κ3) is 3.83. The summed E-state index contributed by atoms with van der Waals surface area (Å²) in [7, 11) is 0. The highest BCUT2D eigenvalue weighted by Crippen LogP contribution is 2.43. The van der Waals surface area contributed by atoms with Crippen molar-refractivity contribution in [1.82, 2.24) is 9.80 Å². The van der Waals surface area contributed by atoms with Gasteiger partial charge in [0.1, 0.15) is 5.58 Å². The molecule has 0 N–H and O–H groups in total. The van der Waals surface area contributed by atoms with Crippen LogP contribution in [-0.2, 0) is 31.5 Å². The zero-order valence-electron chi connectivity index (χ0n) is 19.3. The second-order valence-electron chi connectivity index (χ2n) is 9.29. The lowest BCUT2D eigenvalue weighted by Crippen LogP contribution is -2.52. The number of fused-ring (bicyclic) bond motifs is 3. The quantitative estimate of drug-likeness (QED) is 0.446. The largest absolute Gasteiger partial charge is 0.449 e. The molecule has 1 aromatic heterocycles. The van der Waals surface area contributed by atoms with Crippen molar-refractivity contribution >= 4 is 44.7 Å². The lowest BCUT2D eigenvalue weighted by Gasteiger charge is -2.39. The van der Waals surface area contributed by atoms with Gasteiger partial charge in [-0.15, -0.1) is 0 Å². The van der Waals surface area contributed by atoms with Gasteiger partial charge in [0.15, 0.2) is 4.67 Å². The number of amides is 1. The molecule has 0 radical (unpaired) electrons. The fourth-order valence-corrected chi connectivity index (χ4v) is 5.83. The van der Waals surface area contributed by atoms with Gasteiger partial charge in [0.2, 0.25) is 0 Å². The summed E-state index contributed by atoms with van der Waals surface area (Å²) in [5, 5.41) is 1.10. The molecular weight excluding hydrogens is 528 g/mol. The van der Waals surface area contributed by atoms with Crippen LogP contribution in [0.25, 0.3) is 11.0 Å². The van der Waals surface area contributed by atoms with Crippen LogP contribution in [0.5, 0.6) is 0 Å². The average Bonchev–Trinajstić information content (AvgIpc) is 3.23. The Labute approximate surface area is 215 Å². The summed E-state index contributed by atoms with van der Waals surface area (Å²) in [4.78, 5) is 41.9. The Morgan fingerprint density at radius 1 is 0.917 bits per heavy atom. The Hall–Kier alpha value is -3.43. The molecule has 184 valence electrons. The van der Waals surface area contributed by atoms with Crippen LogP contribution in [0, 0.1) is 5.92 Å². The van der Waals surface area contributed by atoms with Gasteiger partial charge >= 0.3 is 17.8 Å². The monoisotopic (exact) mass is 550 g/mol. The molecule has 3 aliphatic rings. The van der Waals surface area contributed by atoms with Crippen molar-refractivity contribution in [3.05, 3.63) is 82.0 Å². The minimum absolute atomic E-state index is 0.148. The first kappa shape index (κ1) is 23.0. The maximum atomic E-state index is 13.4. The van der Waals surface area contributed by atoms with E-state index >= 15 is 0 Å². The third-order valence-electron chi connectivity index (χ3n) is 7.11. The van der Waals surface area contributed by atoms with Gasteiger partial charge in [0.05, 0.1) is 11.1 Å². The van der Waals surface area contributed by atoms with Crippen molar-refractivity contribution in [1.29, 1.82) is 0 Å². The predicted octanol–water partition coefficient (Wildman–Crippen LogP) is 4.33. The molecule has 0 aliphatic carbocycles. The van der Waals surface area contributed by atoms with Gasteiger partial charge < -0.3 is 13.9 Å². The molecule has 3 aliphatic heterocycles. The fraction of sp³-hybridized carbons (Fsp3) is 0.296. The van der Waals surface area contributed by atoms with Crippen LogP contribution >= 0.6 is 15.9 Å². The summed E-state index contributed by atoms with van der Waals surface area (Å²) in [5.41, 5.74) is 2.72. The summed E-state index contributed by atoms with van der Waals surface area (Å²) in [6, 6.07) is 14.8. The summed E-state index contributed by atoms with van der Waals surface area (Å²) >= 11 is 3.56. The van der Waals surface area contributed by atoms with Crippen LogP contribution in [0.4, 0.5) is 0 Å². The number of furan rings is 1. The third-order valence-corrected chi connectivity index (χ3v) is 7.75. The normalized spacial score (nSPS) is 20.0. The molecule has 36 heavy (non-hydrogen) atoms. The molecule has 0 atom stereocenters. The van der Waals surface area contributed by atoms with Crippen molar-refractivity contribution in [2.45, 2.75) is 25.3 Å². The number of carbonyl (C=O) groups excluding carboxylic acids is 3. The first-order valence-corrected chi connectivity index (χ1v) is 12.7. The Bertz CT molecular complexity index is 1380. The van der Waals surface area contributed by atoms with Gasteiger partial charge in [0.25, 0.3) is 5.91 Å². The molecule has 1 fully saturated rings. The molecule has 8 nitrogen and oxygen atoms in total. The second-order valence-corrected chi connectivity index (χ2v) is 10.0. The molecule has 0 unspecified atom stereocenters. The second kappa shape index (κ2) is 8.90. The van der Waals surface area contributed by atoms with E-state index in [1.807, 2.05) is 18.2 Å². The molecule has 3 aromatic rings. The van der Waals surface area contributed by atoms with Crippen LogP contribution in [0.15, 0.2) is 69.8 Å². The van der Waals surface area contributed by atoms with Gasteiger partial charge in [-0.25, -0.2) is 9.59 Å².